The minimum atomic E-state index is -0.290. The highest BCUT2D eigenvalue weighted by molar-refractivity contribution is 6.34. The number of amides is 2. The molecule has 0 aromatic heterocycles. The summed E-state index contributed by atoms with van der Waals surface area (Å²) >= 11 is 6.13. The first-order chi connectivity index (χ1) is 13.4. The van der Waals surface area contributed by atoms with Crippen molar-refractivity contribution < 1.29 is 14.4 Å². The van der Waals surface area contributed by atoms with E-state index in [1.54, 1.807) is 18.2 Å². The molecule has 0 spiro atoms. The Kier molecular flexibility index (Phi) is 8.20. The number of carbonyl (C=O) groups is 3. The van der Waals surface area contributed by atoms with Gasteiger partial charge in [-0.15, -0.1) is 0 Å². The fraction of sp³-hybridized carbons (Fsp3) is 0.318. The maximum Gasteiger partial charge on any atom is 0.224 e. The molecule has 0 fully saturated rings. The molecule has 0 aliphatic carbocycles. The minimum absolute atomic E-state index is 0.0655. The lowest BCUT2D eigenvalue weighted by Crippen LogP contribution is -2.14. The van der Waals surface area contributed by atoms with E-state index >= 15 is 0 Å². The third-order valence-corrected chi connectivity index (χ3v) is 4.55. The molecule has 0 atom stereocenters. The van der Waals surface area contributed by atoms with Crippen molar-refractivity contribution in [2.45, 2.75) is 46.0 Å². The van der Waals surface area contributed by atoms with Crippen molar-refractivity contribution in [2.75, 3.05) is 10.6 Å². The molecule has 2 aromatic rings. The van der Waals surface area contributed by atoms with Crippen LogP contribution >= 0.6 is 11.6 Å². The lowest BCUT2D eigenvalue weighted by molar-refractivity contribution is -0.116. The molecular weight excluding hydrogens is 376 g/mol. The van der Waals surface area contributed by atoms with Crippen LogP contribution in [0.4, 0.5) is 11.4 Å². The van der Waals surface area contributed by atoms with Gasteiger partial charge in [-0.1, -0.05) is 49.2 Å². The summed E-state index contributed by atoms with van der Waals surface area (Å²) in [7, 11) is 0. The monoisotopic (exact) mass is 400 g/mol. The fourth-order valence-electron chi connectivity index (χ4n) is 2.72. The second-order valence-corrected chi connectivity index (χ2v) is 7.05. The van der Waals surface area contributed by atoms with Crippen LogP contribution in [0.15, 0.2) is 42.5 Å². The number of benzene rings is 2. The van der Waals surface area contributed by atoms with Crippen molar-refractivity contribution in [3.8, 4) is 0 Å². The molecule has 0 unspecified atom stereocenters. The fourth-order valence-corrected chi connectivity index (χ4v) is 2.95. The van der Waals surface area contributed by atoms with Gasteiger partial charge >= 0.3 is 0 Å². The van der Waals surface area contributed by atoms with Crippen molar-refractivity contribution in [3.05, 3.63) is 58.6 Å². The summed E-state index contributed by atoms with van der Waals surface area (Å²) in [4.78, 5) is 35.5. The number of nitrogens with one attached hydrogen (secondary N) is 2. The summed E-state index contributed by atoms with van der Waals surface area (Å²) in [6.45, 7) is 3.55. The summed E-state index contributed by atoms with van der Waals surface area (Å²) in [5, 5.41) is 5.63. The lowest BCUT2D eigenvalue weighted by Gasteiger charge is -2.09. The Morgan fingerprint density at radius 3 is 2.29 bits per heavy atom. The van der Waals surface area contributed by atoms with Crippen molar-refractivity contribution in [3.63, 3.8) is 0 Å². The molecular formula is C22H25ClN2O3. The number of hydrogen-bond donors (Lipinski definition) is 2. The molecule has 2 N–H and O–H groups in total. The maximum absolute atomic E-state index is 12.3. The SMILES string of the molecule is CCCCc1ccc(C(=O)CCC(=O)Nc2ccc(NC(C)=O)cc2Cl)cc1. The molecule has 2 aromatic carbocycles. The first-order valence-corrected chi connectivity index (χ1v) is 9.76. The van der Waals surface area contributed by atoms with E-state index in [1.807, 2.05) is 24.3 Å². The molecule has 5 nitrogen and oxygen atoms in total. The number of unbranched alkanes of at least 4 members (excludes halogenated alkanes) is 1. The molecule has 2 amide bonds. The number of rotatable bonds is 9. The molecule has 0 aliphatic heterocycles. The van der Waals surface area contributed by atoms with Gasteiger partial charge in [-0.25, -0.2) is 0 Å². The Labute approximate surface area is 170 Å². The van der Waals surface area contributed by atoms with Gasteiger partial charge in [-0.05, 0) is 36.6 Å². The molecule has 0 saturated carbocycles. The lowest BCUT2D eigenvalue weighted by atomic mass is 10.0. The van der Waals surface area contributed by atoms with Gasteiger partial charge in [0, 0.05) is 31.0 Å². The first kappa shape index (κ1) is 21.6. The molecule has 0 heterocycles. The van der Waals surface area contributed by atoms with E-state index in [-0.39, 0.29) is 30.4 Å². The van der Waals surface area contributed by atoms with Gasteiger partial charge in [0.15, 0.2) is 5.78 Å². The van der Waals surface area contributed by atoms with Gasteiger partial charge in [0.25, 0.3) is 0 Å². The van der Waals surface area contributed by atoms with E-state index in [1.165, 1.54) is 12.5 Å². The summed E-state index contributed by atoms with van der Waals surface area (Å²) < 4.78 is 0. The number of Topliss-reactive ketones (excluding diaryl/α,β-unsaturated/α-hetero) is 1. The highest BCUT2D eigenvalue weighted by Crippen LogP contribution is 2.25. The predicted octanol–water partition coefficient (Wildman–Crippen LogP) is 5.24. The third kappa shape index (κ3) is 6.82. The standard InChI is InChI=1S/C22H25ClN2O3/c1-3-4-5-16-6-8-17(9-7-16)21(27)12-13-22(28)25-20-11-10-18(14-19(20)23)24-15(2)26/h6-11,14H,3-5,12-13H2,1-2H3,(H,24,26)(H,25,28). The Bertz CT molecular complexity index is 847. The van der Waals surface area contributed by atoms with Crippen LogP contribution in [-0.2, 0) is 16.0 Å². The van der Waals surface area contributed by atoms with Gasteiger partial charge in [-0.3, -0.25) is 14.4 Å². The van der Waals surface area contributed by atoms with Gasteiger partial charge < -0.3 is 10.6 Å². The number of hydrogen-bond acceptors (Lipinski definition) is 3. The van der Waals surface area contributed by atoms with E-state index < -0.39 is 0 Å². The van der Waals surface area contributed by atoms with Crippen LogP contribution in [0, 0.1) is 0 Å². The van der Waals surface area contributed by atoms with Crippen LogP contribution < -0.4 is 10.6 Å². The van der Waals surface area contributed by atoms with E-state index in [4.69, 9.17) is 11.6 Å². The molecule has 0 bridgehead atoms. The van der Waals surface area contributed by atoms with Crippen LogP contribution in [0.5, 0.6) is 0 Å². The topological polar surface area (TPSA) is 75.3 Å². The number of carbonyl (C=O) groups excluding carboxylic acids is 3. The smallest absolute Gasteiger partial charge is 0.224 e. The van der Waals surface area contributed by atoms with Gasteiger partial charge in [0.2, 0.25) is 11.8 Å². The highest BCUT2D eigenvalue weighted by atomic mass is 35.5. The van der Waals surface area contributed by atoms with E-state index in [0.717, 1.165) is 19.3 Å². The zero-order valence-corrected chi connectivity index (χ0v) is 16.9. The van der Waals surface area contributed by atoms with E-state index in [2.05, 4.69) is 17.6 Å². The van der Waals surface area contributed by atoms with E-state index in [9.17, 15) is 14.4 Å². The average molecular weight is 401 g/mol. The van der Waals surface area contributed by atoms with Crippen LogP contribution in [0.25, 0.3) is 0 Å². The number of anilines is 2. The van der Waals surface area contributed by atoms with Gasteiger partial charge in [0.05, 0.1) is 10.7 Å². The van der Waals surface area contributed by atoms with Crippen molar-refractivity contribution in [2.24, 2.45) is 0 Å². The molecule has 0 aliphatic rings. The molecule has 148 valence electrons. The zero-order chi connectivity index (χ0) is 20.5. The summed E-state index contributed by atoms with van der Waals surface area (Å²) in [6.07, 6.45) is 3.47. The highest BCUT2D eigenvalue weighted by Gasteiger charge is 2.11. The predicted molar refractivity (Wildman–Crippen MR) is 113 cm³/mol. The van der Waals surface area contributed by atoms with E-state index in [0.29, 0.717) is 22.0 Å². The Morgan fingerprint density at radius 2 is 1.68 bits per heavy atom. The maximum atomic E-state index is 12.3. The molecule has 6 heteroatoms. The number of ketones is 1. The second kappa shape index (κ2) is 10.6. The largest absolute Gasteiger partial charge is 0.326 e. The first-order valence-electron chi connectivity index (χ1n) is 9.38. The molecule has 0 radical (unpaired) electrons. The van der Waals surface area contributed by atoms with Crippen LogP contribution in [0.1, 0.15) is 55.5 Å². The van der Waals surface area contributed by atoms with Crippen molar-refractivity contribution >= 4 is 40.6 Å². The molecule has 28 heavy (non-hydrogen) atoms. The Hall–Kier alpha value is -2.66. The van der Waals surface area contributed by atoms with Crippen LogP contribution in [-0.4, -0.2) is 17.6 Å². The summed E-state index contributed by atoms with van der Waals surface area (Å²) in [5.74, 6) is -0.559. The average Bonchev–Trinajstić information content (AvgIpc) is 2.66. The van der Waals surface area contributed by atoms with Gasteiger partial charge in [0.1, 0.15) is 0 Å². The number of halogens is 1. The summed E-state index contributed by atoms with van der Waals surface area (Å²) in [6, 6.07) is 12.4. The third-order valence-electron chi connectivity index (χ3n) is 4.24. The second-order valence-electron chi connectivity index (χ2n) is 6.65. The molecule has 0 saturated heterocycles. The summed E-state index contributed by atoms with van der Waals surface area (Å²) in [5.41, 5.74) is 2.82. The van der Waals surface area contributed by atoms with Gasteiger partial charge in [-0.2, -0.15) is 0 Å². The minimum Gasteiger partial charge on any atom is -0.326 e. The normalized spacial score (nSPS) is 10.4. The zero-order valence-electron chi connectivity index (χ0n) is 16.2. The van der Waals surface area contributed by atoms with Crippen LogP contribution in [0.3, 0.4) is 0 Å². The molecule has 2 rings (SSSR count). The van der Waals surface area contributed by atoms with Crippen molar-refractivity contribution in [1.29, 1.82) is 0 Å². The number of aryl methyl sites for hydroxylation is 1. The van der Waals surface area contributed by atoms with Crippen molar-refractivity contribution in [1.82, 2.24) is 0 Å². The quantitative estimate of drug-likeness (QED) is 0.565. The van der Waals surface area contributed by atoms with Crippen LogP contribution in [0.2, 0.25) is 5.02 Å². The Morgan fingerprint density at radius 1 is 0.964 bits per heavy atom. The Balaban J connectivity index is 1.86.